The van der Waals surface area contributed by atoms with Crippen LogP contribution >= 0.6 is 11.8 Å². The van der Waals surface area contributed by atoms with Crippen molar-refractivity contribution in [3.63, 3.8) is 0 Å². The molecule has 1 saturated heterocycles. The van der Waals surface area contributed by atoms with E-state index in [9.17, 15) is 18.4 Å². The van der Waals surface area contributed by atoms with Gasteiger partial charge in [0.05, 0.1) is 12.3 Å². The smallest absolute Gasteiger partial charge is 0.238 e. The van der Waals surface area contributed by atoms with Crippen molar-refractivity contribution in [2.24, 2.45) is 0 Å². The van der Waals surface area contributed by atoms with Crippen molar-refractivity contribution in [3.8, 4) is 0 Å². The number of nitrogens with zero attached hydrogens (tertiary/aromatic N) is 2. The predicted octanol–water partition coefficient (Wildman–Crippen LogP) is 2.84. The summed E-state index contributed by atoms with van der Waals surface area (Å²) in [7, 11) is 0. The maximum atomic E-state index is 13.6. The Morgan fingerprint density at radius 3 is 2.32 bits per heavy atom. The minimum absolute atomic E-state index is 0.0383. The van der Waals surface area contributed by atoms with Crippen LogP contribution in [-0.4, -0.2) is 60.1 Å². The second-order valence-corrected chi connectivity index (χ2v) is 7.45. The van der Waals surface area contributed by atoms with Crippen molar-refractivity contribution in [3.05, 3.63) is 60.2 Å². The molecule has 28 heavy (non-hydrogen) atoms. The van der Waals surface area contributed by atoms with E-state index >= 15 is 0 Å². The lowest BCUT2D eigenvalue weighted by atomic mass is 10.3. The van der Waals surface area contributed by atoms with Crippen molar-refractivity contribution >= 4 is 29.3 Å². The van der Waals surface area contributed by atoms with Gasteiger partial charge in [-0.05, 0) is 36.4 Å². The number of nitrogens with one attached hydrogen (secondary N) is 1. The number of thioether (sulfide) groups is 1. The lowest BCUT2D eigenvalue weighted by Crippen LogP contribution is -2.50. The third-order valence-electron chi connectivity index (χ3n) is 4.41. The van der Waals surface area contributed by atoms with E-state index in [1.165, 1.54) is 42.1 Å². The molecule has 148 valence electrons. The van der Waals surface area contributed by atoms with Gasteiger partial charge in [0, 0.05) is 36.8 Å². The summed E-state index contributed by atoms with van der Waals surface area (Å²) in [5, 5.41) is 2.73. The second-order valence-electron chi connectivity index (χ2n) is 6.43. The average Bonchev–Trinajstić information content (AvgIpc) is 2.69. The third-order valence-corrected chi connectivity index (χ3v) is 5.44. The van der Waals surface area contributed by atoms with E-state index in [4.69, 9.17) is 0 Å². The maximum absolute atomic E-state index is 13.6. The van der Waals surface area contributed by atoms with Gasteiger partial charge in [-0.2, -0.15) is 0 Å². The molecule has 1 heterocycles. The van der Waals surface area contributed by atoms with Gasteiger partial charge in [-0.1, -0.05) is 12.1 Å². The average molecular weight is 405 g/mol. The molecule has 0 bridgehead atoms. The highest BCUT2D eigenvalue weighted by Gasteiger charge is 2.22. The first kappa shape index (κ1) is 20.3. The van der Waals surface area contributed by atoms with E-state index in [0.29, 0.717) is 36.8 Å². The summed E-state index contributed by atoms with van der Waals surface area (Å²) in [6.45, 7) is 2.45. The summed E-state index contributed by atoms with van der Waals surface area (Å²) < 4.78 is 26.5. The van der Waals surface area contributed by atoms with E-state index in [2.05, 4.69) is 5.32 Å². The fourth-order valence-electron chi connectivity index (χ4n) is 2.88. The molecule has 0 unspecified atom stereocenters. The summed E-state index contributed by atoms with van der Waals surface area (Å²) in [4.78, 5) is 28.6. The van der Waals surface area contributed by atoms with Gasteiger partial charge in [0.15, 0.2) is 0 Å². The highest BCUT2D eigenvalue weighted by atomic mass is 32.2. The Bertz CT molecular complexity index is 824. The number of carbonyl (C=O) groups is 2. The van der Waals surface area contributed by atoms with Crippen LogP contribution in [0.1, 0.15) is 0 Å². The van der Waals surface area contributed by atoms with Crippen LogP contribution in [0.3, 0.4) is 0 Å². The Morgan fingerprint density at radius 2 is 1.64 bits per heavy atom. The Balaban J connectivity index is 1.40. The number of carbonyl (C=O) groups excluding carboxylic acids is 2. The molecular weight excluding hydrogens is 384 g/mol. The van der Waals surface area contributed by atoms with Crippen LogP contribution < -0.4 is 5.32 Å². The van der Waals surface area contributed by atoms with E-state index < -0.39 is 0 Å². The van der Waals surface area contributed by atoms with Gasteiger partial charge < -0.3 is 10.2 Å². The first-order valence-corrected chi connectivity index (χ1v) is 9.93. The Kier molecular flexibility index (Phi) is 7.00. The van der Waals surface area contributed by atoms with Crippen LogP contribution in [0.25, 0.3) is 0 Å². The molecular formula is C20H21F2N3O2S. The highest BCUT2D eigenvalue weighted by molar-refractivity contribution is 8.00. The molecule has 1 N–H and O–H groups in total. The molecule has 0 spiro atoms. The first-order valence-electron chi connectivity index (χ1n) is 8.94. The van der Waals surface area contributed by atoms with Crippen LogP contribution in [-0.2, 0) is 9.59 Å². The molecule has 1 fully saturated rings. The molecule has 0 aliphatic carbocycles. The van der Waals surface area contributed by atoms with Gasteiger partial charge in [-0.25, -0.2) is 8.78 Å². The summed E-state index contributed by atoms with van der Waals surface area (Å²) >= 11 is 1.19. The van der Waals surface area contributed by atoms with Crippen LogP contribution in [0.15, 0.2) is 53.4 Å². The van der Waals surface area contributed by atoms with Crippen molar-refractivity contribution in [2.75, 3.05) is 43.8 Å². The van der Waals surface area contributed by atoms with Crippen molar-refractivity contribution < 1.29 is 18.4 Å². The number of amides is 2. The van der Waals surface area contributed by atoms with E-state index in [1.807, 2.05) is 4.90 Å². The van der Waals surface area contributed by atoms with E-state index in [0.717, 1.165) is 0 Å². The number of anilines is 1. The standard InChI is InChI=1S/C20H21F2N3O2S/c21-15-5-7-16(8-6-15)23-19(26)13-24-9-11-25(12-10-24)20(27)14-28-18-4-2-1-3-17(18)22/h1-8H,9-14H2,(H,23,26). The first-order chi connectivity index (χ1) is 13.5. The molecule has 3 rings (SSSR count). The molecule has 1 aliphatic rings. The molecule has 2 aromatic rings. The topological polar surface area (TPSA) is 52.7 Å². The van der Waals surface area contributed by atoms with Gasteiger partial charge in [0.25, 0.3) is 0 Å². The largest absolute Gasteiger partial charge is 0.339 e. The van der Waals surface area contributed by atoms with Gasteiger partial charge in [-0.15, -0.1) is 11.8 Å². The predicted molar refractivity (Wildman–Crippen MR) is 105 cm³/mol. The lowest BCUT2D eigenvalue weighted by molar-refractivity contribution is -0.130. The van der Waals surface area contributed by atoms with Crippen LogP contribution in [0.5, 0.6) is 0 Å². The Morgan fingerprint density at radius 1 is 0.964 bits per heavy atom. The third kappa shape index (κ3) is 5.77. The Labute approximate surface area is 166 Å². The van der Waals surface area contributed by atoms with Crippen molar-refractivity contribution in [1.29, 1.82) is 0 Å². The fourth-order valence-corrected chi connectivity index (χ4v) is 3.73. The van der Waals surface area contributed by atoms with Gasteiger partial charge in [0.1, 0.15) is 11.6 Å². The lowest BCUT2D eigenvalue weighted by Gasteiger charge is -2.34. The van der Waals surface area contributed by atoms with Gasteiger partial charge >= 0.3 is 0 Å². The molecule has 0 saturated carbocycles. The summed E-state index contributed by atoms with van der Waals surface area (Å²) in [6, 6.07) is 12.0. The van der Waals surface area contributed by atoms with Crippen molar-refractivity contribution in [1.82, 2.24) is 9.80 Å². The zero-order valence-electron chi connectivity index (χ0n) is 15.2. The van der Waals surface area contributed by atoms with Crippen LogP contribution in [0.4, 0.5) is 14.5 Å². The second kappa shape index (κ2) is 9.66. The van der Waals surface area contributed by atoms with Gasteiger partial charge in [-0.3, -0.25) is 14.5 Å². The number of hydrogen-bond donors (Lipinski definition) is 1. The normalized spacial score (nSPS) is 14.7. The molecule has 0 atom stereocenters. The minimum Gasteiger partial charge on any atom is -0.339 e. The van der Waals surface area contributed by atoms with Crippen molar-refractivity contribution in [2.45, 2.75) is 4.90 Å². The molecule has 0 aromatic heterocycles. The quantitative estimate of drug-likeness (QED) is 0.751. The number of benzene rings is 2. The summed E-state index contributed by atoms with van der Waals surface area (Å²) in [6.07, 6.45) is 0. The maximum Gasteiger partial charge on any atom is 0.238 e. The SMILES string of the molecule is O=C(CN1CCN(C(=O)CSc2ccccc2F)CC1)Nc1ccc(F)cc1. The van der Waals surface area contributed by atoms with E-state index in [1.54, 1.807) is 23.1 Å². The van der Waals surface area contributed by atoms with Crippen LogP contribution in [0, 0.1) is 11.6 Å². The zero-order chi connectivity index (χ0) is 19.9. The fraction of sp³-hybridized carbons (Fsp3) is 0.300. The number of halogens is 2. The molecule has 1 aliphatic heterocycles. The summed E-state index contributed by atoms with van der Waals surface area (Å²) in [5.41, 5.74) is 0.547. The number of hydrogen-bond acceptors (Lipinski definition) is 4. The number of piperazine rings is 1. The van der Waals surface area contributed by atoms with Gasteiger partial charge in [0.2, 0.25) is 11.8 Å². The zero-order valence-corrected chi connectivity index (χ0v) is 16.1. The molecule has 0 radical (unpaired) electrons. The number of rotatable bonds is 6. The summed E-state index contributed by atoms with van der Waals surface area (Å²) in [5.74, 6) is -0.708. The van der Waals surface area contributed by atoms with E-state index in [-0.39, 0.29) is 35.7 Å². The molecule has 2 aromatic carbocycles. The van der Waals surface area contributed by atoms with Crippen LogP contribution in [0.2, 0.25) is 0 Å². The highest BCUT2D eigenvalue weighted by Crippen LogP contribution is 2.21. The molecule has 5 nitrogen and oxygen atoms in total. The Hall–Kier alpha value is -2.45. The molecule has 8 heteroatoms. The minimum atomic E-state index is -0.355. The molecule has 2 amide bonds. The monoisotopic (exact) mass is 405 g/mol.